The fourth-order valence-corrected chi connectivity index (χ4v) is 4.18. The van der Waals surface area contributed by atoms with E-state index in [0.29, 0.717) is 12.5 Å². The first-order chi connectivity index (χ1) is 8.93. The van der Waals surface area contributed by atoms with Crippen LogP contribution >= 0.6 is 0 Å². The monoisotopic (exact) mass is 290 g/mol. The summed E-state index contributed by atoms with van der Waals surface area (Å²) in [4.78, 5) is 11.0. The smallest absolute Gasteiger partial charge is 0.323 e. The lowest BCUT2D eigenvalue weighted by Gasteiger charge is -2.30. The molecule has 1 saturated carbocycles. The van der Waals surface area contributed by atoms with Crippen molar-refractivity contribution in [2.75, 3.05) is 19.6 Å². The van der Waals surface area contributed by atoms with E-state index in [1.54, 1.807) is 0 Å². The number of piperidine rings is 1. The zero-order valence-corrected chi connectivity index (χ0v) is 12.0. The van der Waals surface area contributed by atoms with Gasteiger partial charge in [-0.25, -0.2) is 8.42 Å². The van der Waals surface area contributed by atoms with Crippen LogP contribution in [0.5, 0.6) is 0 Å². The number of carboxylic acids is 1. The highest BCUT2D eigenvalue weighted by Crippen LogP contribution is 2.32. The molecule has 0 aromatic carbocycles. The van der Waals surface area contributed by atoms with Crippen molar-refractivity contribution < 1.29 is 18.3 Å². The second-order valence-corrected chi connectivity index (χ2v) is 7.73. The van der Waals surface area contributed by atoms with Crippen LogP contribution in [-0.4, -0.2) is 54.7 Å². The highest BCUT2D eigenvalue weighted by Gasteiger charge is 2.43. The van der Waals surface area contributed by atoms with Gasteiger partial charge < -0.3 is 10.4 Å². The molecule has 1 atom stereocenters. The minimum absolute atomic E-state index is 0.0293. The summed E-state index contributed by atoms with van der Waals surface area (Å²) in [5.74, 6) is -0.923. The van der Waals surface area contributed by atoms with E-state index in [1.807, 2.05) is 0 Å². The molecule has 1 unspecified atom stereocenters. The summed E-state index contributed by atoms with van der Waals surface area (Å²) in [6.45, 7) is 3.57. The van der Waals surface area contributed by atoms with Crippen molar-refractivity contribution in [1.29, 1.82) is 0 Å². The molecular weight excluding hydrogens is 268 g/mol. The molecule has 2 N–H and O–H groups in total. The Balaban J connectivity index is 2.08. The fourth-order valence-electron chi connectivity index (χ4n) is 2.47. The standard InChI is InChI=1S/C12H22N2O4S/c1-9(12(15)16)19(17,18)14(11-2-3-11)8-10-4-6-13-7-5-10/h9-11,13H,2-8H2,1H3,(H,15,16). The van der Waals surface area contributed by atoms with E-state index in [0.717, 1.165) is 38.8 Å². The Morgan fingerprint density at radius 2 is 1.89 bits per heavy atom. The molecule has 0 aromatic rings. The van der Waals surface area contributed by atoms with Crippen molar-refractivity contribution in [3.05, 3.63) is 0 Å². The van der Waals surface area contributed by atoms with Crippen molar-refractivity contribution in [3.63, 3.8) is 0 Å². The quantitative estimate of drug-likeness (QED) is 0.732. The molecule has 1 aliphatic carbocycles. The maximum atomic E-state index is 12.4. The van der Waals surface area contributed by atoms with E-state index in [4.69, 9.17) is 5.11 Å². The van der Waals surface area contributed by atoms with Gasteiger partial charge in [0.05, 0.1) is 0 Å². The van der Waals surface area contributed by atoms with Crippen molar-refractivity contribution in [2.45, 2.75) is 43.9 Å². The van der Waals surface area contributed by atoms with Crippen molar-refractivity contribution in [3.8, 4) is 0 Å². The van der Waals surface area contributed by atoms with Gasteiger partial charge in [-0.05, 0) is 51.6 Å². The normalized spacial score (nSPS) is 23.5. The van der Waals surface area contributed by atoms with Crippen LogP contribution in [-0.2, 0) is 14.8 Å². The SMILES string of the molecule is CC(C(=O)O)S(=O)(=O)N(CC1CCNCC1)C1CC1. The number of rotatable bonds is 6. The number of aliphatic carboxylic acids is 1. The molecule has 2 rings (SSSR count). The van der Waals surface area contributed by atoms with E-state index in [-0.39, 0.29) is 6.04 Å². The molecule has 110 valence electrons. The lowest BCUT2D eigenvalue weighted by molar-refractivity contribution is -0.136. The van der Waals surface area contributed by atoms with Gasteiger partial charge in [-0.1, -0.05) is 0 Å². The molecule has 0 aromatic heterocycles. The van der Waals surface area contributed by atoms with Crippen LogP contribution in [0.3, 0.4) is 0 Å². The van der Waals surface area contributed by atoms with Gasteiger partial charge in [0, 0.05) is 12.6 Å². The van der Waals surface area contributed by atoms with Crippen LogP contribution in [0, 0.1) is 5.92 Å². The number of carboxylic acid groups (broad SMARTS) is 1. The first kappa shape index (κ1) is 14.7. The number of carbonyl (C=O) groups is 1. The Bertz CT molecular complexity index is 427. The molecule has 1 heterocycles. The second kappa shape index (κ2) is 5.76. The average Bonchev–Trinajstić information content (AvgIpc) is 3.20. The number of hydrogen-bond donors (Lipinski definition) is 2. The Morgan fingerprint density at radius 3 is 2.37 bits per heavy atom. The number of hydrogen-bond acceptors (Lipinski definition) is 4. The molecule has 7 heteroatoms. The van der Waals surface area contributed by atoms with Gasteiger partial charge in [-0.15, -0.1) is 0 Å². The molecule has 0 radical (unpaired) electrons. The largest absolute Gasteiger partial charge is 0.480 e. The molecule has 1 aliphatic heterocycles. The third-order valence-corrected chi connectivity index (χ3v) is 6.17. The maximum absolute atomic E-state index is 12.4. The van der Waals surface area contributed by atoms with E-state index in [1.165, 1.54) is 11.2 Å². The zero-order chi connectivity index (χ0) is 14.0. The van der Waals surface area contributed by atoms with E-state index in [9.17, 15) is 13.2 Å². The number of sulfonamides is 1. The van der Waals surface area contributed by atoms with Gasteiger partial charge in [0.25, 0.3) is 0 Å². The summed E-state index contributed by atoms with van der Waals surface area (Å²) in [6.07, 6.45) is 3.63. The van der Waals surface area contributed by atoms with Gasteiger partial charge in [-0.3, -0.25) is 4.79 Å². The Kier molecular flexibility index (Phi) is 4.47. The predicted molar refractivity (Wildman–Crippen MR) is 71.3 cm³/mol. The lowest BCUT2D eigenvalue weighted by Crippen LogP contribution is -2.46. The summed E-state index contributed by atoms with van der Waals surface area (Å²) < 4.78 is 26.2. The van der Waals surface area contributed by atoms with Crippen molar-refractivity contribution in [1.82, 2.24) is 9.62 Å². The predicted octanol–water partition coefficient (Wildman–Crippen LogP) is 0.253. The van der Waals surface area contributed by atoms with Crippen molar-refractivity contribution in [2.24, 2.45) is 5.92 Å². The summed E-state index contributed by atoms with van der Waals surface area (Å²) >= 11 is 0. The van der Waals surface area contributed by atoms with Gasteiger partial charge in [0.1, 0.15) is 0 Å². The summed E-state index contributed by atoms with van der Waals surface area (Å²) in [7, 11) is -3.72. The van der Waals surface area contributed by atoms with E-state index >= 15 is 0 Å². The number of nitrogens with one attached hydrogen (secondary N) is 1. The van der Waals surface area contributed by atoms with E-state index in [2.05, 4.69) is 5.32 Å². The summed E-state index contributed by atoms with van der Waals surface area (Å²) in [5.41, 5.74) is 0. The molecule has 0 bridgehead atoms. The molecule has 0 spiro atoms. The second-order valence-electron chi connectivity index (χ2n) is 5.52. The Morgan fingerprint density at radius 1 is 1.32 bits per heavy atom. The molecular formula is C12H22N2O4S. The third-order valence-electron chi connectivity index (χ3n) is 3.97. The first-order valence-electron chi connectivity index (χ1n) is 6.87. The zero-order valence-electron chi connectivity index (χ0n) is 11.2. The van der Waals surface area contributed by atoms with E-state index < -0.39 is 21.2 Å². The molecule has 2 fully saturated rings. The maximum Gasteiger partial charge on any atom is 0.323 e. The fraction of sp³-hybridized carbons (Fsp3) is 0.917. The Hall–Kier alpha value is -0.660. The average molecular weight is 290 g/mol. The van der Waals surface area contributed by atoms with Crippen LogP contribution in [0.1, 0.15) is 32.6 Å². The third kappa shape index (κ3) is 3.46. The van der Waals surface area contributed by atoms with Gasteiger partial charge >= 0.3 is 5.97 Å². The van der Waals surface area contributed by atoms with Crippen LogP contribution < -0.4 is 5.32 Å². The molecule has 1 saturated heterocycles. The minimum atomic E-state index is -3.72. The van der Waals surface area contributed by atoms with Crippen molar-refractivity contribution >= 4 is 16.0 Å². The summed E-state index contributed by atoms with van der Waals surface area (Å²) in [6, 6.07) is 0.0293. The minimum Gasteiger partial charge on any atom is -0.480 e. The van der Waals surface area contributed by atoms with Crippen LogP contribution in [0.15, 0.2) is 0 Å². The summed E-state index contributed by atoms with van der Waals surface area (Å²) in [5, 5.41) is 10.9. The topological polar surface area (TPSA) is 86.7 Å². The highest BCUT2D eigenvalue weighted by molar-refractivity contribution is 7.90. The molecule has 19 heavy (non-hydrogen) atoms. The highest BCUT2D eigenvalue weighted by atomic mass is 32.2. The van der Waals surface area contributed by atoms with Crippen LogP contribution in [0.4, 0.5) is 0 Å². The molecule has 2 aliphatic rings. The van der Waals surface area contributed by atoms with Gasteiger partial charge in [-0.2, -0.15) is 4.31 Å². The first-order valence-corrected chi connectivity index (χ1v) is 8.37. The van der Waals surface area contributed by atoms with Crippen LogP contribution in [0.2, 0.25) is 0 Å². The molecule has 0 amide bonds. The van der Waals surface area contributed by atoms with Gasteiger partial charge in [0.2, 0.25) is 10.0 Å². The Labute approximate surface area is 114 Å². The van der Waals surface area contributed by atoms with Gasteiger partial charge in [0.15, 0.2) is 5.25 Å². The number of nitrogens with zero attached hydrogens (tertiary/aromatic N) is 1. The lowest BCUT2D eigenvalue weighted by atomic mass is 9.98. The molecule has 6 nitrogen and oxygen atoms in total. The van der Waals surface area contributed by atoms with Crippen LogP contribution in [0.25, 0.3) is 0 Å².